The second kappa shape index (κ2) is 5.49. The van der Waals surface area contributed by atoms with Crippen LogP contribution in [0.5, 0.6) is 0 Å². The highest BCUT2D eigenvalue weighted by Gasteiger charge is 2.39. The summed E-state index contributed by atoms with van der Waals surface area (Å²) in [6, 6.07) is 15.7. The molecule has 1 saturated heterocycles. The Morgan fingerprint density at radius 3 is 2.44 bits per heavy atom. The highest BCUT2D eigenvalue weighted by molar-refractivity contribution is 6.94. The van der Waals surface area contributed by atoms with Gasteiger partial charge in [0.15, 0.2) is 0 Å². The maximum absolute atomic E-state index is 2.46. The average molecular weight is 230 g/mol. The van der Waals surface area contributed by atoms with E-state index in [1.807, 2.05) is 0 Å². The highest BCUT2D eigenvalue weighted by Crippen LogP contribution is 2.35. The smallest absolute Gasteiger partial charge is 0.0903 e. The molecule has 1 aromatic rings. The third-order valence-electron chi connectivity index (χ3n) is 3.83. The van der Waals surface area contributed by atoms with Crippen molar-refractivity contribution in [1.82, 2.24) is 0 Å². The molecule has 0 saturated carbocycles. The minimum Gasteiger partial charge on any atom is -0.0909 e. The van der Waals surface area contributed by atoms with Gasteiger partial charge in [-0.2, -0.15) is 0 Å². The molecule has 2 rings (SSSR count). The zero-order valence-electron chi connectivity index (χ0n) is 10.3. The van der Waals surface area contributed by atoms with E-state index in [0.29, 0.717) is 0 Å². The first kappa shape index (κ1) is 11.7. The third-order valence-corrected chi connectivity index (χ3v) is 9.02. The van der Waals surface area contributed by atoms with Gasteiger partial charge in [0.25, 0.3) is 0 Å². The molecule has 86 valence electrons. The molecule has 1 aliphatic rings. The summed E-state index contributed by atoms with van der Waals surface area (Å²) in [4.78, 5) is 0. The number of hydrogen-bond donors (Lipinski definition) is 0. The topological polar surface area (TPSA) is 0 Å². The van der Waals surface area contributed by atoms with Crippen LogP contribution in [0.3, 0.4) is 0 Å². The van der Waals surface area contributed by atoms with Crippen LogP contribution in [0.2, 0.25) is 18.1 Å². The normalized spacial score (nSPS) is 18.6. The molecule has 1 aliphatic heterocycles. The van der Waals surface area contributed by atoms with Crippen LogP contribution in [0.25, 0.3) is 0 Å². The maximum Gasteiger partial charge on any atom is 0.0903 e. The van der Waals surface area contributed by atoms with Crippen LogP contribution in [0, 0.1) is 0 Å². The predicted octanol–water partition coefficient (Wildman–Crippen LogP) is 4.10. The second-order valence-corrected chi connectivity index (χ2v) is 9.51. The minimum atomic E-state index is -1.06. The van der Waals surface area contributed by atoms with Crippen molar-refractivity contribution in [3.8, 4) is 0 Å². The van der Waals surface area contributed by atoms with Gasteiger partial charge in [-0.05, 0) is 12.5 Å². The number of benzene rings is 1. The number of hydrogen-bond acceptors (Lipinski definition) is 0. The van der Waals surface area contributed by atoms with Crippen LogP contribution in [-0.4, -0.2) is 8.07 Å². The van der Waals surface area contributed by atoms with E-state index in [0.717, 1.165) is 0 Å². The fourth-order valence-corrected chi connectivity index (χ4v) is 6.55. The molecule has 0 unspecified atom stereocenters. The molecule has 1 aromatic carbocycles. The van der Waals surface area contributed by atoms with Crippen molar-refractivity contribution in [3.05, 3.63) is 42.5 Å². The van der Waals surface area contributed by atoms with E-state index < -0.39 is 8.07 Å². The molecule has 1 heterocycles. The van der Waals surface area contributed by atoms with E-state index in [1.165, 1.54) is 37.4 Å². The standard InChI is InChI=1S/C15H22Si/c1-2-3-4-8-12-16(13-9-14-16)15-10-6-5-7-11-15/h4-8,10-11H,2-3,9,12-14H2,1H3/b8-4+. The van der Waals surface area contributed by atoms with Crippen molar-refractivity contribution in [2.75, 3.05) is 0 Å². The van der Waals surface area contributed by atoms with Crippen LogP contribution >= 0.6 is 0 Å². The Morgan fingerprint density at radius 1 is 1.12 bits per heavy atom. The van der Waals surface area contributed by atoms with Gasteiger partial charge in [0.1, 0.15) is 0 Å². The van der Waals surface area contributed by atoms with E-state index in [1.54, 1.807) is 5.19 Å². The summed E-state index contributed by atoms with van der Waals surface area (Å²) in [5.74, 6) is 0. The van der Waals surface area contributed by atoms with Gasteiger partial charge in [-0.1, -0.05) is 79.5 Å². The number of allylic oxidation sites excluding steroid dienone is 2. The molecular formula is C15H22Si. The lowest BCUT2D eigenvalue weighted by molar-refractivity contribution is 0.903. The summed E-state index contributed by atoms with van der Waals surface area (Å²) in [6.07, 6.45) is 8.83. The van der Waals surface area contributed by atoms with Gasteiger partial charge in [-0.3, -0.25) is 0 Å². The largest absolute Gasteiger partial charge is 0.0909 e. The summed E-state index contributed by atoms with van der Waals surface area (Å²) in [5.41, 5.74) is 0. The zero-order valence-corrected chi connectivity index (χ0v) is 11.3. The Bertz CT molecular complexity index is 336. The Morgan fingerprint density at radius 2 is 1.88 bits per heavy atom. The summed E-state index contributed by atoms with van der Waals surface area (Å²) in [6.45, 7) is 2.25. The molecule has 1 heteroatoms. The SMILES string of the molecule is CCC/C=C/C[Si]1(c2ccccc2)CCC1. The minimum absolute atomic E-state index is 1.06. The van der Waals surface area contributed by atoms with Gasteiger partial charge in [-0.25, -0.2) is 0 Å². The molecule has 0 amide bonds. The van der Waals surface area contributed by atoms with Crippen LogP contribution in [0.1, 0.15) is 26.2 Å². The molecule has 0 nitrogen and oxygen atoms in total. The van der Waals surface area contributed by atoms with Crippen LogP contribution in [-0.2, 0) is 0 Å². The Labute approximate surface area is 100 Å². The molecule has 0 bridgehead atoms. The van der Waals surface area contributed by atoms with Crippen molar-refractivity contribution in [2.45, 2.75) is 44.3 Å². The summed E-state index contributed by atoms with van der Waals surface area (Å²) < 4.78 is 0. The monoisotopic (exact) mass is 230 g/mol. The lowest BCUT2D eigenvalue weighted by atomic mass is 10.3. The van der Waals surface area contributed by atoms with Crippen molar-refractivity contribution < 1.29 is 0 Å². The molecular weight excluding hydrogens is 208 g/mol. The van der Waals surface area contributed by atoms with Crippen LogP contribution in [0.4, 0.5) is 0 Å². The first-order valence-corrected chi connectivity index (χ1v) is 9.20. The van der Waals surface area contributed by atoms with E-state index in [2.05, 4.69) is 49.4 Å². The van der Waals surface area contributed by atoms with E-state index in [-0.39, 0.29) is 0 Å². The number of rotatable bonds is 5. The average Bonchev–Trinajstić information content (AvgIpc) is 2.28. The fourth-order valence-electron chi connectivity index (χ4n) is 2.60. The van der Waals surface area contributed by atoms with Crippen molar-refractivity contribution in [2.24, 2.45) is 0 Å². The Balaban J connectivity index is 2.03. The quantitative estimate of drug-likeness (QED) is 0.528. The van der Waals surface area contributed by atoms with Gasteiger partial charge in [0, 0.05) is 0 Å². The van der Waals surface area contributed by atoms with Gasteiger partial charge < -0.3 is 0 Å². The van der Waals surface area contributed by atoms with Gasteiger partial charge in [0.2, 0.25) is 0 Å². The van der Waals surface area contributed by atoms with Crippen LogP contribution in [0.15, 0.2) is 42.5 Å². The Kier molecular flexibility index (Phi) is 4.00. The molecule has 1 fully saturated rings. The van der Waals surface area contributed by atoms with Gasteiger partial charge in [-0.15, -0.1) is 0 Å². The van der Waals surface area contributed by atoms with Gasteiger partial charge >= 0.3 is 0 Å². The van der Waals surface area contributed by atoms with Crippen molar-refractivity contribution >= 4 is 13.3 Å². The summed E-state index contributed by atoms with van der Waals surface area (Å²) >= 11 is 0. The molecule has 0 N–H and O–H groups in total. The van der Waals surface area contributed by atoms with Crippen molar-refractivity contribution in [1.29, 1.82) is 0 Å². The first-order chi connectivity index (χ1) is 7.87. The van der Waals surface area contributed by atoms with E-state index >= 15 is 0 Å². The van der Waals surface area contributed by atoms with Crippen molar-refractivity contribution in [3.63, 3.8) is 0 Å². The molecule has 0 aliphatic carbocycles. The summed E-state index contributed by atoms with van der Waals surface area (Å²) in [7, 11) is -1.06. The highest BCUT2D eigenvalue weighted by atomic mass is 28.3. The predicted molar refractivity (Wildman–Crippen MR) is 74.9 cm³/mol. The zero-order chi connectivity index (χ0) is 11.3. The summed E-state index contributed by atoms with van der Waals surface area (Å²) in [5, 5.41) is 1.68. The lowest BCUT2D eigenvalue weighted by Gasteiger charge is -2.39. The second-order valence-electron chi connectivity index (χ2n) is 4.96. The molecule has 0 radical (unpaired) electrons. The van der Waals surface area contributed by atoms with Gasteiger partial charge in [0.05, 0.1) is 8.07 Å². The maximum atomic E-state index is 2.46. The lowest BCUT2D eigenvalue weighted by Crippen LogP contribution is -2.52. The number of unbranched alkanes of at least 4 members (excludes halogenated alkanes) is 1. The van der Waals surface area contributed by atoms with E-state index in [4.69, 9.17) is 0 Å². The fraction of sp³-hybridized carbons (Fsp3) is 0.467. The first-order valence-electron chi connectivity index (χ1n) is 6.58. The molecule has 16 heavy (non-hydrogen) atoms. The molecule has 0 spiro atoms. The van der Waals surface area contributed by atoms with E-state index in [9.17, 15) is 0 Å². The van der Waals surface area contributed by atoms with Crippen LogP contribution < -0.4 is 5.19 Å². The Hall–Kier alpha value is -0.823. The molecule has 0 aromatic heterocycles. The third kappa shape index (κ3) is 2.46. The molecule has 0 atom stereocenters.